The third-order valence-corrected chi connectivity index (χ3v) is 12.7. The summed E-state index contributed by atoms with van der Waals surface area (Å²) in [6, 6.07) is 0. The van der Waals surface area contributed by atoms with Gasteiger partial charge in [0.25, 0.3) is 0 Å². The van der Waals surface area contributed by atoms with Crippen molar-refractivity contribution in [3.63, 3.8) is 0 Å². The first-order valence-electron chi connectivity index (χ1n) is 27.7. The van der Waals surface area contributed by atoms with E-state index in [1.807, 2.05) is 0 Å². The van der Waals surface area contributed by atoms with Crippen molar-refractivity contribution in [1.29, 1.82) is 0 Å². The number of hydrogen-bond acceptors (Lipinski definition) is 6. The molecule has 0 aliphatic heterocycles. The Labute approximate surface area is 387 Å². The molecule has 6 nitrogen and oxygen atoms in total. The third-order valence-electron chi connectivity index (χ3n) is 12.7. The predicted octanol–water partition coefficient (Wildman–Crippen LogP) is 18.1. The van der Waals surface area contributed by atoms with Gasteiger partial charge in [0.05, 0.1) is 0 Å². The van der Waals surface area contributed by atoms with Gasteiger partial charge in [-0.1, -0.05) is 272 Å². The highest BCUT2D eigenvalue weighted by molar-refractivity contribution is 5.71. The number of carbonyl (C=O) groups is 3. The molecule has 0 rings (SSSR count). The van der Waals surface area contributed by atoms with Crippen LogP contribution >= 0.6 is 0 Å². The van der Waals surface area contributed by atoms with Crippen molar-refractivity contribution >= 4 is 17.9 Å². The largest absolute Gasteiger partial charge is 0.462 e. The molecule has 0 fully saturated rings. The summed E-state index contributed by atoms with van der Waals surface area (Å²) in [4.78, 5) is 38.0. The maximum atomic E-state index is 12.8. The molecule has 368 valence electrons. The fraction of sp³-hybridized carbons (Fsp3) is 0.946. The molecule has 0 heterocycles. The van der Waals surface area contributed by atoms with Gasteiger partial charge in [-0.25, -0.2) is 0 Å². The molecule has 0 aromatic rings. The van der Waals surface area contributed by atoms with E-state index >= 15 is 0 Å². The fourth-order valence-electron chi connectivity index (χ4n) is 8.52. The van der Waals surface area contributed by atoms with E-state index in [9.17, 15) is 14.4 Å². The van der Waals surface area contributed by atoms with Crippen molar-refractivity contribution in [2.75, 3.05) is 13.2 Å². The number of hydrogen-bond donors (Lipinski definition) is 0. The third kappa shape index (κ3) is 49.4. The van der Waals surface area contributed by atoms with E-state index in [0.717, 1.165) is 69.6 Å². The lowest BCUT2D eigenvalue weighted by Crippen LogP contribution is -2.30. The summed E-state index contributed by atoms with van der Waals surface area (Å²) < 4.78 is 16.8. The highest BCUT2D eigenvalue weighted by Gasteiger charge is 2.19. The Morgan fingerprint density at radius 3 is 0.790 bits per heavy atom. The molecule has 0 saturated carbocycles. The minimum atomic E-state index is -0.761. The zero-order chi connectivity index (χ0) is 45.4. The summed E-state index contributed by atoms with van der Waals surface area (Å²) in [6.07, 6.45) is 51.0. The lowest BCUT2D eigenvalue weighted by Gasteiger charge is -2.18. The lowest BCUT2D eigenvalue weighted by atomic mass is 10.0. The van der Waals surface area contributed by atoms with Gasteiger partial charge in [0.2, 0.25) is 0 Å². The highest BCUT2D eigenvalue weighted by Crippen LogP contribution is 2.18. The number of ether oxygens (including phenoxy) is 3. The molecular weight excluding hydrogens is 769 g/mol. The minimum absolute atomic E-state index is 0.0632. The minimum Gasteiger partial charge on any atom is -0.462 e. The van der Waals surface area contributed by atoms with E-state index in [-0.39, 0.29) is 31.1 Å². The second-order valence-corrected chi connectivity index (χ2v) is 20.2. The SMILES string of the molecule is CCCCCCCCCCCCC(=O)O[C@@H](COC(=O)CCCCCCCCCCCCCCCCCCCCC(C)C)COC(=O)CCCCCCCCCCCCC(C)C. The summed E-state index contributed by atoms with van der Waals surface area (Å²) in [6.45, 7) is 11.4. The Balaban J connectivity index is 4.18. The van der Waals surface area contributed by atoms with Gasteiger partial charge >= 0.3 is 17.9 Å². The van der Waals surface area contributed by atoms with Crippen LogP contribution in [0.3, 0.4) is 0 Å². The Bertz CT molecular complexity index is 947. The van der Waals surface area contributed by atoms with Crippen LogP contribution in [0.15, 0.2) is 0 Å². The summed E-state index contributed by atoms with van der Waals surface area (Å²) in [7, 11) is 0. The zero-order valence-corrected chi connectivity index (χ0v) is 42.5. The first-order valence-corrected chi connectivity index (χ1v) is 27.7. The van der Waals surface area contributed by atoms with E-state index in [1.165, 1.54) is 199 Å². The molecule has 62 heavy (non-hydrogen) atoms. The molecule has 0 aliphatic rings. The van der Waals surface area contributed by atoms with Crippen LogP contribution in [0.4, 0.5) is 0 Å². The molecule has 0 radical (unpaired) electrons. The van der Waals surface area contributed by atoms with Crippen molar-refractivity contribution in [3.05, 3.63) is 0 Å². The molecular formula is C56H108O6. The van der Waals surface area contributed by atoms with E-state index in [4.69, 9.17) is 14.2 Å². The van der Waals surface area contributed by atoms with Crippen LogP contribution in [-0.2, 0) is 28.6 Å². The van der Waals surface area contributed by atoms with Gasteiger partial charge in [-0.2, -0.15) is 0 Å². The first kappa shape index (κ1) is 60.4. The first-order chi connectivity index (χ1) is 30.2. The van der Waals surface area contributed by atoms with Gasteiger partial charge in [0.1, 0.15) is 13.2 Å². The maximum absolute atomic E-state index is 12.8. The molecule has 0 N–H and O–H groups in total. The number of rotatable bonds is 50. The molecule has 0 aromatic heterocycles. The lowest BCUT2D eigenvalue weighted by molar-refractivity contribution is -0.167. The summed E-state index contributed by atoms with van der Waals surface area (Å²) in [5.74, 6) is 0.832. The fourth-order valence-corrected chi connectivity index (χ4v) is 8.52. The molecule has 0 aliphatic carbocycles. The zero-order valence-electron chi connectivity index (χ0n) is 42.5. The van der Waals surface area contributed by atoms with Gasteiger partial charge in [0, 0.05) is 19.3 Å². The predicted molar refractivity (Wildman–Crippen MR) is 266 cm³/mol. The van der Waals surface area contributed by atoms with Gasteiger partial charge < -0.3 is 14.2 Å². The van der Waals surface area contributed by atoms with Gasteiger partial charge in [0.15, 0.2) is 6.10 Å². The molecule has 0 unspecified atom stereocenters. The number of unbranched alkanes of at least 4 members (excludes halogenated alkanes) is 35. The standard InChI is InChI=1S/C56H108O6/c1-6-7-8-9-10-11-26-33-38-43-48-56(59)62-53(50-61-55(58)47-42-37-32-28-23-22-25-30-35-40-45-52(4)5)49-60-54(57)46-41-36-31-27-21-19-17-15-13-12-14-16-18-20-24-29-34-39-44-51(2)3/h51-53H,6-50H2,1-5H3/t53-/m0/s1. The van der Waals surface area contributed by atoms with Crippen LogP contribution in [0.25, 0.3) is 0 Å². The van der Waals surface area contributed by atoms with E-state index < -0.39 is 6.10 Å². The second kappa shape index (κ2) is 48.9. The second-order valence-electron chi connectivity index (χ2n) is 20.2. The van der Waals surface area contributed by atoms with Crippen molar-refractivity contribution in [2.24, 2.45) is 11.8 Å². The Morgan fingerprint density at radius 1 is 0.306 bits per heavy atom. The number of carbonyl (C=O) groups excluding carboxylic acids is 3. The van der Waals surface area contributed by atoms with Crippen LogP contribution in [0.2, 0.25) is 0 Å². The van der Waals surface area contributed by atoms with Crippen LogP contribution in [0.5, 0.6) is 0 Å². The quantitative estimate of drug-likeness (QED) is 0.0344. The van der Waals surface area contributed by atoms with E-state index in [0.29, 0.717) is 19.3 Å². The number of esters is 3. The van der Waals surface area contributed by atoms with E-state index in [2.05, 4.69) is 34.6 Å². The molecule has 0 saturated heterocycles. The Morgan fingerprint density at radius 2 is 0.532 bits per heavy atom. The van der Waals surface area contributed by atoms with Crippen LogP contribution in [0, 0.1) is 11.8 Å². The summed E-state index contributed by atoms with van der Waals surface area (Å²) in [5.41, 5.74) is 0. The monoisotopic (exact) mass is 877 g/mol. The molecule has 6 heteroatoms. The van der Waals surface area contributed by atoms with Gasteiger partial charge in [-0.3, -0.25) is 14.4 Å². The Kier molecular flexibility index (Phi) is 47.6. The summed E-state index contributed by atoms with van der Waals surface area (Å²) >= 11 is 0. The van der Waals surface area contributed by atoms with E-state index in [1.54, 1.807) is 0 Å². The topological polar surface area (TPSA) is 78.9 Å². The van der Waals surface area contributed by atoms with Gasteiger partial charge in [-0.15, -0.1) is 0 Å². The molecule has 0 spiro atoms. The van der Waals surface area contributed by atoms with Crippen LogP contribution in [0.1, 0.15) is 311 Å². The van der Waals surface area contributed by atoms with Crippen molar-refractivity contribution in [1.82, 2.24) is 0 Å². The maximum Gasteiger partial charge on any atom is 0.306 e. The van der Waals surface area contributed by atoms with Gasteiger partial charge in [-0.05, 0) is 31.1 Å². The normalized spacial score (nSPS) is 12.0. The average Bonchev–Trinajstić information content (AvgIpc) is 3.24. The summed E-state index contributed by atoms with van der Waals surface area (Å²) in [5, 5.41) is 0. The Hall–Kier alpha value is -1.59. The smallest absolute Gasteiger partial charge is 0.306 e. The van der Waals surface area contributed by atoms with Crippen LogP contribution < -0.4 is 0 Å². The molecule has 1 atom stereocenters. The molecule has 0 aromatic carbocycles. The highest BCUT2D eigenvalue weighted by atomic mass is 16.6. The van der Waals surface area contributed by atoms with Crippen molar-refractivity contribution < 1.29 is 28.6 Å². The molecule has 0 bridgehead atoms. The van der Waals surface area contributed by atoms with Crippen molar-refractivity contribution in [3.8, 4) is 0 Å². The molecule has 0 amide bonds. The average molecular weight is 877 g/mol. The van der Waals surface area contributed by atoms with Crippen molar-refractivity contribution in [2.45, 2.75) is 317 Å². The van der Waals surface area contributed by atoms with Crippen LogP contribution in [-0.4, -0.2) is 37.2 Å².